The molecule has 0 aliphatic heterocycles. The Morgan fingerprint density at radius 3 is 2.62 bits per heavy atom. The Morgan fingerprint density at radius 1 is 1.50 bits per heavy atom. The molecule has 0 bridgehead atoms. The number of rotatable bonds is 2. The molecule has 1 aromatic heterocycles. The van der Waals surface area contributed by atoms with E-state index in [4.69, 9.17) is 4.42 Å². The van der Waals surface area contributed by atoms with Gasteiger partial charge in [0.1, 0.15) is 10.7 Å². The van der Waals surface area contributed by atoms with Gasteiger partial charge in [-0.15, -0.1) is 0 Å². The minimum atomic E-state index is -0.609. The normalized spacial score (nSPS) is 20.6. The summed E-state index contributed by atoms with van der Waals surface area (Å²) in [6.07, 6.45) is 0.697. The first-order valence-corrected chi connectivity index (χ1v) is 4.99. The van der Waals surface area contributed by atoms with Gasteiger partial charge in [0.05, 0.1) is 11.6 Å². The van der Waals surface area contributed by atoms with Crippen LogP contribution in [0.15, 0.2) is 22.1 Å². The van der Waals surface area contributed by atoms with Crippen molar-refractivity contribution in [1.82, 2.24) is 0 Å². The summed E-state index contributed by atoms with van der Waals surface area (Å²) < 4.78 is 5.04. The number of nitrogens with zero attached hydrogens (tertiary/aromatic N) is 1. The van der Waals surface area contributed by atoms with Crippen LogP contribution >= 0.6 is 0 Å². The molecule has 1 unspecified atom stereocenters. The molecule has 1 aliphatic rings. The number of hydrogen-bond donors (Lipinski definition) is 0. The first kappa shape index (κ1) is 10.6. The predicted octanol–water partition coefficient (Wildman–Crippen LogP) is 2.57. The third kappa shape index (κ3) is 1.54. The van der Waals surface area contributed by atoms with Gasteiger partial charge in [-0.05, 0) is 19.4 Å². The van der Waals surface area contributed by atoms with Crippen molar-refractivity contribution in [3.8, 4) is 0 Å². The maximum Gasteiger partial charge on any atom is 0.433 e. The van der Waals surface area contributed by atoms with Gasteiger partial charge in [0.25, 0.3) is 0 Å². The lowest BCUT2D eigenvalue weighted by Gasteiger charge is -1.98. The summed E-state index contributed by atoms with van der Waals surface area (Å²) in [6.45, 7) is 3.70. The monoisotopic (exact) mass is 221 g/mol. The molecular weight excluding hydrogens is 210 g/mol. The van der Waals surface area contributed by atoms with E-state index in [9.17, 15) is 14.9 Å². The maximum absolute atomic E-state index is 11.8. The number of hydrogen-bond acceptors (Lipinski definition) is 4. The molecule has 2 rings (SSSR count). The lowest BCUT2D eigenvalue weighted by Crippen LogP contribution is -2.04. The van der Waals surface area contributed by atoms with Crippen LogP contribution in [0.5, 0.6) is 0 Å². The van der Waals surface area contributed by atoms with Crippen molar-refractivity contribution in [2.75, 3.05) is 0 Å². The molecular formula is C11H11NO4. The van der Waals surface area contributed by atoms with Crippen LogP contribution in [0.1, 0.15) is 26.0 Å². The largest absolute Gasteiger partial charge is 0.433 e. The van der Waals surface area contributed by atoms with Crippen LogP contribution < -0.4 is 0 Å². The summed E-state index contributed by atoms with van der Waals surface area (Å²) in [4.78, 5) is 21.7. The zero-order chi connectivity index (χ0) is 11.9. The number of allylic oxidation sites excluding steroid dienone is 2. The molecule has 1 aromatic rings. The van der Waals surface area contributed by atoms with E-state index in [-0.39, 0.29) is 17.6 Å². The molecule has 5 nitrogen and oxygen atoms in total. The van der Waals surface area contributed by atoms with Gasteiger partial charge in [0.15, 0.2) is 5.78 Å². The zero-order valence-electron chi connectivity index (χ0n) is 9.02. The van der Waals surface area contributed by atoms with Gasteiger partial charge in [0.2, 0.25) is 0 Å². The Bertz CT molecular complexity index is 498. The molecule has 0 N–H and O–H groups in total. The Hall–Kier alpha value is -1.91. The van der Waals surface area contributed by atoms with Gasteiger partial charge in [-0.1, -0.05) is 12.5 Å². The smallest absolute Gasteiger partial charge is 0.401 e. The molecule has 1 heterocycles. The van der Waals surface area contributed by atoms with E-state index in [1.807, 2.05) is 13.8 Å². The van der Waals surface area contributed by atoms with Crippen LogP contribution in [0, 0.1) is 16.0 Å². The summed E-state index contributed by atoms with van der Waals surface area (Å²) in [7, 11) is 0. The van der Waals surface area contributed by atoms with Crippen molar-refractivity contribution >= 4 is 17.2 Å². The topological polar surface area (TPSA) is 73.3 Å². The molecule has 0 saturated heterocycles. The number of carbonyl (C=O) groups excluding carboxylic acids is 1. The van der Waals surface area contributed by atoms with E-state index in [1.165, 1.54) is 12.1 Å². The second-order valence-corrected chi connectivity index (χ2v) is 4.02. The van der Waals surface area contributed by atoms with Gasteiger partial charge in [0, 0.05) is 5.92 Å². The van der Waals surface area contributed by atoms with Crippen LogP contribution in [-0.2, 0) is 4.79 Å². The van der Waals surface area contributed by atoms with Crippen LogP contribution in [0.3, 0.4) is 0 Å². The summed E-state index contributed by atoms with van der Waals surface area (Å²) in [5.74, 6) is -0.0814. The molecule has 5 heteroatoms. The second-order valence-electron chi connectivity index (χ2n) is 4.02. The first-order chi connectivity index (χ1) is 7.50. The molecule has 0 aromatic carbocycles. The number of ketones is 1. The zero-order valence-corrected chi connectivity index (χ0v) is 9.02. The second kappa shape index (κ2) is 3.59. The van der Waals surface area contributed by atoms with Crippen molar-refractivity contribution in [3.05, 3.63) is 33.6 Å². The minimum absolute atomic E-state index is 0.00162. The Morgan fingerprint density at radius 2 is 2.19 bits per heavy atom. The summed E-state index contributed by atoms with van der Waals surface area (Å²) in [5.41, 5.74) is 1.43. The van der Waals surface area contributed by atoms with Crippen molar-refractivity contribution in [2.45, 2.75) is 20.3 Å². The van der Waals surface area contributed by atoms with E-state index in [1.54, 1.807) is 0 Å². The van der Waals surface area contributed by atoms with Crippen LogP contribution in [-0.4, -0.2) is 10.7 Å². The van der Waals surface area contributed by atoms with Gasteiger partial charge >= 0.3 is 5.88 Å². The average molecular weight is 221 g/mol. The lowest BCUT2D eigenvalue weighted by atomic mass is 10.1. The van der Waals surface area contributed by atoms with Crippen molar-refractivity contribution in [3.63, 3.8) is 0 Å². The fraction of sp³-hybridized carbons (Fsp3) is 0.364. The average Bonchev–Trinajstić information content (AvgIpc) is 2.74. The predicted molar refractivity (Wildman–Crippen MR) is 56.7 cm³/mol. The maximum atomic E-state index is 11.8. The highest BCUT2D eigenvalue weighted by Crippen LogP contribution is 2.36. The van der Waals surface area contributed by atoms with E-state index >= 15 is 0 Å². The number of Topliss-reactive ketones (excluding diaryl/α,β-unsaturated/α-hetero) is 1. The van der Waals surface area contributed by atoms with E-state index in [0.717, 1.165) is 5.57 Å². The quantitative estimate of drug-likeness (QED) is 0.568. The third-order valence-corrected chi connectivity index (χ3v) is 2.75. The fourth-order valence-electron chi connectivity index (χ4n) is 2.00. The summed E-state index contributed by atoms with van der Waals surface area (Å²) in [5, 5.41) is 10.5. The van der Waals surface area contributed by atoms with Crippen LogP contribution in [0.25, 0.3) is 5.57 Å². The minimum Gasteiger partial charge on any atom is -0.401 e. The highest BCUT2D eigenvalue weighted by atomic mass is 16.6. The molecule has 0 radical (unpaired) electrons. The number of carbonyl (C=O) groups is 1. The van der Waals surface area contributed by atoms with E-state index in [0.29, 0.717) is 17.8 Å². The van der Waals surface area contributed by atoms with Gasteiger partial charge in [-0.3, -0.25) is 14.9 Å². The van der Waals surface area contributed by atoms with Gasteiger partial charge in [-0.25, -0.2) is 0 Å². The van der Waals surface area contributed by atoms with Crippen molar-refractivity contribution in [2.24, 2.45) is 5.92 Å². The molecule has 16 heavy (non-hydrogen) atoms. The molecule has 0 saturated carbocycles. The molecule has 0 amide bonds. The number of furan rings is 1. The molecule has 0 fully saturated rings. The highest BCUT2D eigenvalue weighted by molar-refractivity contribution is 6.23. The van der Waals surface area contributed by atoms with Crippen LogP contribution in [0.2, 0.25) is 0 Å². The SMILES string of the molecule is CC1=C(c2ccc([N+](=O)[O-])o2)C(=O)C(C)C1. The molecule has 1 atom stereocenters. The van der Waals surface area contributed by atoms with Gasteiger partial charge in [-0.2, -0.15) is 0 Å². The standard InChI is InChI=1S/C11H11NO4/c1-6-5-7(2)11(13)10(6)8-3-4-9(16-8)12(14)15/h3-4,7H,5H2,1-2H3. The lowest BCUT2D eigenvalue weighted by molar-refractivity contribution is -0.402. The summed E-state index contributed by atoms with van der Waals surface area (Å²) >= 11 is 0. The summed E-state index contributed by atoms with van der Waals surface area (Å²) in [6, 6.07) is 2.75. The van der Waals surface area contributed by atoms with E-state index in [2.05, 4.69) is 0 Å². The Kier molecular flexibility index (Phi) is 2.38. The van der Waals surface area contributed by atoms with Crippen LogP contribution in [0.4, 0.5) is 5.88 Å². The van der Waals surface area contributed by atoms with Crippen molar-refractivity contribution < 1.29 is 14.1 Å². The Labute approximate surface area is 91.9 Å². The van der Waals surface area contributed by atoms with Crippen molar-refractivity contribution in [1.29, 1.82) is 0 Å². The third-order valence-electron chi connectivity index (χ3n) is 2.75. The van der Waals surface area contributed by atoms with E-state index < -0.39 is 4.92 Å². The fourth-order valence-corrected chi connectivity index (χ4v) is 2.00. The molecule has 0 spiro atoms. The number of nitro groups is 1. The molecule has 1 aliphatic carbocycles. The highest BCUT2D eigenvalue weighted by Gasteiger charge is 2.31. The first-order valence-electron chi connectivity index (χ1n) is 4.99. The Balaban J connectivity index is 2.41. The van der Waals surface area contributed by atoms with Gasteiger partial charge < -0.3 is 4.42 Å². The molecule has 84 valence electrons.